The number of methoxy groups -OCH3 is 2. The number of ketones is 1. The minimum atomic E-state index is -1.89. The highest BCUT2D eigenvalue weighted by Crippen LogP contribution is 2.40. The van der Waals surface area contributed by atoms with Crippen LogP contribution < -0.4 is 4.74 Å². The molecular weight excluding hydrogens is 1410 g/mol. The Kier molecular flexibility index (Phi) is 37.5. The smallest absolute Gasteiger partial charge is 0.338 e. The van der Waals surface area contributed by atoms with Gasteiger partial charge in [0.25, 0.3) is 0 Å². The number of hydrogen-bond donors (Lipinski definition) is 3. The summed E-state index contributed by atoms with van der Waals surface area (Å²) in [5.74, 6) is -1.06. The summed E-state index contributed by atoms with van der Waals surface area (Å²) in [7, 11) is -0.636. The maximum Gasteiger partial charge on any atom is 0.338 e. The van der Waals surface area contributed by atoms with E-state index in [4.69, 9.17) is 57.3 Å². The number of rotatable bonds is 23. The molecule has 4 unspecified atom stereocenters. The second-order valence-electron chi connectivity index (χ2n) is 26.2. The van der Waals surface area contributed by atoms with Crippen LogP contribution in [0.15, 0.2) is 76.2 Å². The van der Waals surface area contributed by atoms with Crippen LogP contribution in [0.4, 0.5) is 0 Å². The third kappa shape index (κ3) is 32.0. The predicted molar refractivity (Wildman–Crippen MR) is 365 cm³/mol. The highest BCUT2D eigenvalue weighted by atomic mass is 127. The highest BCUT2D eigenvalue weighted by Gasteiger charge is 2.46. The summed E-state index contributed by atoms with van der Waals surface area (Å²) >= 11 is 9.13. The Morgan fingerprint density at radius 3 is 1.74 bits per heavy atom. The average molecular weight is 1520 g/mol. The van der Waals surface area contributed by atoms with E-state index >= 15 is 0 Å². The molecule has 0 saturated carbocycles. The molecule has 0 amide bonds. The van der Waals surface area contributed by atoms with Gasteiger partial charge in [-0.05, 0) is 165 Å². The van der Waals surface area contributed by atoms with E-state index in [-0.39, 0.29) is 77.7 Å². The van der Waals surface area contributed by atoms with Crippen molar-refractivity contribution in [1.82, 2.24) is 0 Å². The fourth-order valence-electron chi connectivity index (χ4n) is 8.07. The van der Waals surface area contributed by atoms with Gasteiger partial charge in [0, 0.05) is 42.0 Å². The van der Waals surface area contributed by atoms with Crippen LogP contribution in [-0.4, -0.2) is 161 Å². The lowest BCUT2D eigenvalue weighted by molar-refractivity contribution is -0.193. The summed E-state index contributed by atoms with van der Waals surface area (Å²) in [6.45, 7) is 41.1. The van der Waals surface area contributed by atoms with Crippen LogP contribution >= 0.6 is 54.5 Å². The monoisotopic (exact) mass is 1520 g/mol. The molecule has 3 aliphatic heterocycles. The van der Waals surface area contributed by atoms with Gasteiger partial charge in [0.2, 0.25) is 0 Å². The van der Waals surface area contributed by atoms with Crippen molar-refractivity contribution in [2.24, 2.45) is 11.8 Å². The van der Waals surface area contributed by atoms with Crippen LogP contribution in [0.3, 0.4) is 0 Å². The van der Waals surface area contributed by atoms with Crippen molar-refractivity contribution in [1.29, 1.82) is 0 Å². The Bertz CT molecular complexity index is 2410. The average Bonchev–Trinajstić information content (AvgIpc) is 3.47. The Labute approximate surface area is 559 Å². The standard InChI is InChI=1S/C27H43IO5Si.C16H22O5.C12H24Br2OSi.C5H10O4.C5H8O3/c1-19(20(2)33-34(8,9)26(3,4)5)15-16-22(30-25(29)21-13-11-10-12-14-21)24-23(17-18-28)31-27(6,7)32-24;1-16(2)20-14(15(10-17)21-16)8-9-19-11-12-4-6-13(18-3)7-5-12;1-9(8-11(13)14)10(2)15-16(6,7)12(3,4)5;6-3-1-5(8)9-2-4(3)7;1-4(6)3-5(7)8-2/h10-16,19-20,22-24H,17-18H2,1-9H3;4-7,10,14-15H,8-9,11H2,1-3H3;8-10H,1-7H3;3-8H,1-2H2;3H2,1-2H3/b16-15-;;;;/t19-,20+,22?,23+,24?;14?,15-;9-,10+;3-,4+,5?;/m1110./s1. The molecule has 12 atom stereocenters. The molecule has 23 heteroatoms. The van der Waals surface area contributed by atoms with E-state index in [9.17, 15) is 19.2 Å². The number of aliphatic hydroxyl groups excluding tert-OH is 3. The zero-order valence-corrected chi connectivity index (χ0v) is 63.5. The molecule has 3 fully saturated rings. The molecule has 88 heavy (non-hydrogen) atoms. The zero-order chi connectivity index (χ0) is 67.6. The van der Waals surface area contributed by atoms with E-state index in [0.717, 1.165) is 31.8 Å². The van der Waals surface area contributed by atoms with E-state index in [1.165, 1.54) is 14.0 Å². The molecular formula is C65H107Br2IO18Si2. The van der Waals surface area contributed by atoms with Crippen LogP contribution in [0.25, 0.3) is 0 Å². The number of aliphatic hydroxyl groups is 3. The summed E-state index contributed by atoms with van der Waals surface area (Å²) in [4.78, 5) is 44.2. The number of ether oxygens (including phenoxy) is 9. The summed E-state index contributed by atoms with van der Waals surface area (Å²) in [5.41, 5.74) is 1.60. The van der Waals surface area contributed by atoms with Gasteiger partial charge in [-0.1, -0.05) is 120 Å². The third-order valence-electron chi connectivity index (χ3n) is 15.5. The first kappa shape index (κ1) is 83.7. The van der Waals surface area contributed by atoms with Crippen molar-refractivity contribution >= 4 is 95.1 Å². The molecule has 504 valence electrons. The van der Waals surface area contributed by atoms with Crippen LogP contribution in [0, 0.1) is 11.8 Å². The fourth-order valence-corrected chi connectivity index (χ4v) is 12.5. The minimum absolute atomic E-state index is 0.0162. The predicted octanol–water partition coefficient (Wildman–Crippen LogP) is 13.7. The zero-order valence-electron chi connectivity index (χ0n) is 56.2. The molecule has 0 spiro atoms. The van der Waals surface area contributed by atoms with E-state index < -0.39 is 64.9 Å². The number of Topliss-reactive ketones (excluding diaryl/α,β-unsaturated/α-hetero) is 1. The summed E-state index contributed by atoms with van der Waals surface area (Å²) < 4.78 is 64.0. The van der Waals surface area contributed by atoms with Gasteiger partial charge in [-0.25, -0.2) is 4.79 Å². The number of aldehydes is 1. The normalized spacial score (nSPS) is 23.2. The van der Waals surface area contributed by atoms with E-state index in [2.05, 4.69) is 172 Å². The lowest BCUT2D eigenvalue weighted by Gasteiger charge is -2.39. The van der Waals surface area contributed by atoms with Crippen molar-refractivity contribution in [2.75, 3.05) is 31.9 Å². The van der Waals surface area contributed by atoms with Gasteiger partial charge in [-0.15, -0.1) is 0 Å². The van der Waals surface area contributed by atoms with E-state index in [1.54, 1.807) is 19.2 Å². The van der Waals surface area contributed by atoms with Gasteiger partial charge < -0.3 is 71.6 Å². The Morgan fingerprint density at radius 2 is 1.28 bits per heavy atom. The van der Waals surface area contributed by atoms with E-state index in [0.29, 0.717) is 31.1 Å². The Hall–Kier alpha value is -2.32. The molecule has 5 rings (SSSR count). The summed E-state index contributed by atoms with van der Waals surface area (Å²) in [5, 5.41) is 26.8. The molecule has 3 saturated heterocycles. The highest BCUT2D eigenvalue weighted by molar-refractivity contribution is 14.1. The Balaban J connectivity index is 0.000000610. The van der Waals surface area contributed by atoms with Crippen molar-refractivity contribution in [3.8, 4) is 5.75 Å². The molecule has 18 nitrogen and oxygen atoms in total. The Morgan fingerprint density at radius 1 is 0.750 bits per heavy atom. The second-order valence-corrected chi connectivity index (χ2v) is 39.5. The SMILES string of the molecule is COC(=O)CC(C)=O.COc1ccc(COCCC2OC(C)(C)O[C@@H]2C=O)cc1.C[C@H](/C=C\C(OC(=O)c1ccccc1)C1OC(C)(C)O[C@H]1CCI)[C@H](C)O[Si](C)(C)C(C)(C)C.C[C@H](C=C(Br)Br)[C@H](C)O[Si](C)(C)C(C)(C)C.OC1C[C@H](O)[C@H](O)CO1. The number of carbonyl (C=O) groups is 4. The molecule has 3 heterocycles. The first-order valence-corrected chi connectivity index (χ1v) is 38.9. The lowest BCUT2D eigenvalue weighted by Crippen LogP contribution is -2.44. The molecule has 3 aliphatic rings. The van der Waals surface area contributed by atoms with Crippen LogP contribution in [-0.2, 0) is 67.7 Å². The van der Waals surface area contributed by atoms with Crippen LogP contribution in [0.1, 0.15) is 145 Å². The quantitative estimate of drug-likeness (QED) is 0.0137. The third-order valence-corrected chi connectivity index (χ3v) is 25.8. The summed E-state index contributed by atoms with van der Waals surface area (Å²) in [6.07, 6.45) is 4.29. The van der Waals surface area contributed by atoms with Gasteiger partial charge in [0.15, 0.2) is 40.8 Å². The van der Waals surface area contributed by atoms with Crippen LogP contribution in [0.5, 0.6) is 5.75 Å². The van der Waals surface area contributed by atoms with Crippen LogP contribution in [0.2, 0.25) is 36.3 Å². The first-order valence-electron chi connectivity index (χ1n) is 30.0. The molecule has 2 aromatic carbocycles. The van der Waals surface area contributed by atoms with Gasteiger partial charge in [-0.3, -0.25) is 9.59 Å². The van der Waals surface area contributed by atoms with Crippen molar-refractivity contribution < 1.29 is 86.0 Å². The molecule has 0 radical (unpaired) electrons. The van der Waals surface area contributed by atoms with E-state index in [1.807, 2.05) is 76.2 Å². The number of hydrogen-bond acceptors (Lipinski definition) is 18. The topological polar surface area (TPSA) is 230 Å². The first-order chi connectivity index (χ1) is 40.5. The van der Waals surface area contributed by atoms with Gasteiger partial charge in [0.1, 0.15) is 42.4 Å². The lowest BCUT2D eigenvalue weighted by atomic mass is 10.0. The second kappa shape index (κ2) is 39.4. The van der Waals surface area contributed by atoms with Crippen molar-refractivity contribution in [3.63, 3.8) is 0 Å². The maximum absolute atomic E-state index is 12.9. The van der Waals surface area contributed by atoms with Crippen molar-refractivity contribution in [3.05, 3.63) is 87.3 Å². The molecule has 2 aromatic rings. The molecule has 3 N–H and O–H groups in total. The number of halogens is 3. The summed E-state index contributed by atoms with van der Waals surface area (Å²) in [6, 6.07) is 16.8. The van der Waals surface area contributed by atoms with Gasteiger partial charge >= 0.3 is 11.9 Å². The van der Waals surface area contributed by atoms with Gasteiger partial charge in [-0.2, -0.15) is 0 Å². The fraction of sp³-hybridized carbons (Fsp3) is 0.692. The number of esters is 2. The molecule has 0 aromatic heterocycles. The maximum atomic E-state index is 12.9. The molecule has 0 aliphatic carbocycles. The number of carbonyl (C=O) groups excluding carboxylic acids is 4. The van der Waals surface area contributed by atoms with Gasteiger partial charge in [0.05, 0.1) is 54.7 Å². The molecule has 0 bridgehead atoms. The number of alkyl halides is 1. The minimum Gasteiger partial charge on any atom is -0.497 e. The largest absolute Gasteiger partial charge is 0.497 e. The number of benzene rings is 2. The van der Waals surface area contributed by atoms with Crippen molar-refractivity contribution in [2.45, 2.75) is 245 Å².